The van der Waals surface area contributed by atoms with Gasteiger partial charge in [-0.05, 0) is 64.2 Å². The monoisotopic (exact) mass is 881 g/mol. The van der Waals surface area contributed by atoms with Gasteiger partial charge in [-0.15, -0.1) is 0 Å². The Morgan fingerprint density at radius 2 is 0.619 bits per heavy atom. The van der Waals surface area contributed by atoms with E-state index in [0.29, 0.717) is 19.3 Å². The number of esters is 3. The van der Waals surface area contributed by atoms with Gasteiger partial charge in [0.05, 0.1) is 0 Å². The number of hydrogen-bond acceptors (Lipinski definition) is 6. The molecule has 6 heteroatoms. The van der Waals surface area contributed by atoms with Crippen molar-refractivity contribution < 1.29 is 28.6 Å². The molecule has 0 N–H and O–H groups in total. The van der Waals surface area contributed by atoms with Crippen molar-refractivity contribution in [2.75, 3.05) is 13.2 Å². The first-order valence-corrected chi connectivity index (χ1v) is 26.8. The fourth-order valence-electron chi connectivity index (χ4n) is 7.53. The maximum absolute atomic E-state index is 12.7. The third-order valence-electron chi connectivity index (χ3n) is 11.5. The molecule has 0 bridgehead atoms. The number of unbranched alkanes of at least 4 members (excludes halogenated alkanes) is 27. The molecule has 0 radical (unpaired) electrons. The van der Waals surface area contributed by atoms with E-state index < -0.39 is 6.10 Å². The average molecular weight is 881 g/mol. The van der Waals surface area contributed by atoms with Crippen LogP contribution < -0.4 is 0 Å². The SMILES string of the molecule is CC/C=C\C/C=C\C/C=C\C/C=C\C/C=C\CCCCCCCCCCCC(=O)OCC(COC(=O)CCCCCCC)OC(=O)CCCCCCCCCCCCCCCCC. The molecule has 0 saturated heterocycles. The molecule has 0 aliphatic rings. The van der Waals surface area contributed by atoms with Crippen LogP contribution in [-0.4, -0.2) is 37.2 Å². The summed E-state index contributed by atoms with van der Waals surface area (Å²) in [7, 11) is 0. The smallest absolute Gasteiger partial charge is 0.306 e. The Bertz CT molecular complexity index is 1150. The standard InChI is InChI=1S/C57H100O6/c1-4-7-10-13-15-17-19-21-23-24-25-26-27-28-29-30-31-32-34-35-37-39-41-44-47-50-56(59)62-53-54(52-61-55(58)49-46-43-12-9-6-3)63-57(60)51-48-45-42-40-38-36-33-22-20-18-16-14-11-8-5-2/h7,10,15,17,21,23,25-26,28-29,54H,4-6,8-9,11-14,16,18-20,22,24,27,30-53H2,1-3H3/b10-7-,17-15-,23-21-,26-25-,29-28-. The predicted molar refractivity (Wildman–Crippen MR) is 270 cm³/mol. The van der Waals surface area contributed by atoms with Gasteiger partial charge in [0, 0.05) is 19.3 Å². The van der Waals surface area contributed by atoms with Crippen molar-refractivity contribution in [1.29, 1.82) is 0 Å². The van der Waals surface area contributed by atoms with Crippen molar-refractivity contribution in [2.24, 2.45) is 0 Å². The highest BCUT2D eigenvalue weighted by atomic mass is 16.6. The molecule has 0 amide bonds. The summed E-state index contributed by atoms with van der Waals surface area (Å²) < 4.78 is 16.7. The largest absolute Gasteiger partial charge is 0.462 e. The summed E-state index contributed by atoms with van der Waals surface area (Å²) in [6, 6.07) is 0. The summed E-state index contributed by atoms with van der Waals surface area (Å²) in [5, 5.41) is 0. The molecule has 0 spiro atoms. The molecular weight excluding hydrogens is 781 g/mol. The van der Waals surface area contributed by atoms with Gasteiger partial charge in [0.1, 0.15) is 13.2 Å². The minimum absolute atomic E-state index is 0.0744. The van der Waals surface area contributed by atoms with E-state index in [9.17, 15) is 14.4 Å². The van der Waals surface area contributed by atoms with Gasteiger partial charge in [-0.1, -0.05) is 242 Å². The van der Waals surface area contributed by atoms with Crippen LogP contribution in [0, 0.1) is 0 Å². The van der Waals surface area contributed by atoms with Gasteiger partial charge in [0.15, 0.2) is 6.10 Å². The highest BCUT2D eigenvalue weighted by molar-refractivity contribution is 5.71. The van der Waals surface area contributed by atoms with Crippen LogP contribution in [0.3, 0.4) is 0 Å². The van der Waals surface area contributed by atoms with E-state index in [4.69, 9.17) is 14.2 Å². The minimum Gasteiger partial charge on any atom is -0.462 e. The number of hydrogen-bond donors (Lipinski definition) is 0. The molecule has 1 atom stereocenters. The third kappa shape index (κ3) is 50.0. The summed E-state index contributed by atoms with van der Waals surface area (Å²) in [4.78, 5) is 37.7. The van der Waals surface area contributed by atoms with E-state index in [1.807, 2.05) is 0 Å². The second-order valence-corrected chi connectivity index (χ2v) is 17.8. The first-order chi connectivity index (χ1) is 31.0. The Kier molecular flexibility index (Phi) is 49.4. The molecule has 0 rings (SSSR count). The summed E-state index contributed by atoms with van der Waals surface area (Å²) in [5.41, 5.74) is 0. The molecule has 364 valence electrons. The van der Waals surface area contributed by atoms with Crippen LogP contribution in [-0.2, 0) is 28.6 Å². The second-order valence-electron chi connectivity index (χ2n) is 17.8. The molecule has 0 fully saturated rings. The summed E-state index contributed by atoms with van der Waals surface area (Å²) in [6.07, 6.45) is 63.9. The molecule has 0 aliphatic carbocycles. The molecule has 6 nitrogen and oxygen atoms in total. The number of rotatable bonds is 48. The first-order valence-electron chi connectivity index (χ1n) is 26.8. The summed E-state index contributed by atoms with van der Waals surface area (Å²) >= 11 is 0. The van der Waals surface area contributed by atoms with E-state index in [2.05, 4.69) is 81.5 Å². The highest BCUT2D eigenvalue weighted by Gasteiger charge is 2.19. The zero-order valence-electron chi connectivity index (χ0n) is 41.6. The van der Waals surface area contributed by atoms with Crippen molar-refractivity contribution in [3.63, 3.8) is 0 Å². The molecule has 0 aromatic rings. The fourth-order valence-corrected chi connectivity index (χ4v) is 7.53. The summed E-state index contributed by atoms with van der Waals surface area (Å²) in [6.45, 7) is 6.45. The van der Waals surface area contributed by atoms with Gasteiger partial charge in [0.2, 0.25) is 0 Å². The topological polar surface area (TPSA) is 78.9 Å². The molecular formula is C57H100O6. The zero-order valence-corrected chi connectivity index (χ0v) is 41.6. The van der Waals surface area contributed by atoms with Gasteiger partial charge < -0.3 is 14.2 Å². The van der Waals surface area contributed by atoms with Crippen molar-refractivity contribution >= 4 is 17.9 Å². The molecule has 0 aromatic carbocycles. The maximum Gasteiger partial charge on any atom is 0.306 e. The lowest BCUT2D eigenvalue weighted by atomic mass is 10.0. The number of allylic oxidation sites excluding steroid dienone is 10. The van der Waals surface area contributed by atoms with E-state index in [1.54, 1.807) is 0 Å². The second kappa shape index (κ2) is 51.7. The highest BCUT2D eigenvalue weighted by Crippen LogP contribution is 2.16. The van der Waals surface area contributed by atoms with E-state index in [0.717, 1.165) is 103 Å². The Hall–Kier alpha value is -2.89. The molecule has 0 saturated carbocycles. The Morgan fingerprint density at radius 1 is 0.333 bits per heavy atom. The lowest BCUT2D eigenvalue weighted by Crippen LogP contribution is -2.30. The molecule has 0 aromatic heterocycles. The number of carbonyl (C=O) groups excluding carboxylic acids is 3. The average Bonchev–Trinajstić information content (AvgIpc) is 3.28. The van der Waals surface area contributed by atoms with Gasteiger partial charge in [-0.25, -0.2) is 0 Å². The first kappa shape index (κ1) is 60.1. The van der Waals surface area contributed by atoms with E-state index in [1.165, 1.54) is 122 Å². The number of carbonyl (C=O) groups is 3. The van der Waals surface area contributed by atoms with Gasteiger partial charge in [-0.3, -0.25) is 14.4 Å². The van der Waals surface area contributed by atoms with Gasteiger partial charge in [0.25, 0.3) is 0 Å². The Labute approximate surface area is 390 Å². The van der Waals surface area contributed by atoms with E-state index in [-0.39, 0.29) is 31.1 Å². The predicted octanol–water partition coefficient (Wildman–Crippen LogP) is 17.6. The van der Waals surface area contributed by atoms with Crippen molar-refractivity contribution in [1.82, 2.24) is 0 Å². The lowest BCUT2D eigenvalue weighted by molar-refractivity contribution is -0.167. The third-order valence-corrected chi connectivity index (χ3v) is 11.5. The van der Waals surface area contributed by atoms with Crippen molar-refractivity contribution in [3.05, 3.63) is 60.8 Å². The van der Waals surface area contributed by atoms with Crippen molar-refractivity contribution in [3.8, 4) is 0 Å². The normalized spacial score (nSPS) is 12.5. The van der Waals surface area contributed by atoms with Crippen LogP contribution in [0.15, 0.2) is 60.8 Å². The molecule has 1 unspecified atom stereocenters. The minimum atomic E-state index is -0.769. The van der Waals surface area contributed by atoms with Gasteiger partial charge >= 0.3 is 17.9 Å². The van der Waals surface area contributed by atoms with Crippen LogP contribution in [0.2, 0.25) is 0 Å². The Balaban J connectivity index is 4.10. The molecule has 0 aliphatic heterocycles. The van der Waals surface area contributed by atoms with Crippen LogP contribution in [0.5, 0.6) is 0 Å². The van der Waals surface area contributed by atoms with Crippen LogP contribution in [0.25, 0.3) is 0 Å². The maximum atomic E-state index is 12.7. The van der Waals surface area contributed by atoms with Gasteiger partial charge in [-0.2, -0.15) is 0 Å². The fraction of sp³-hybridized carbons (Fsp3) is 0.772. The summed E-state index contributed by atoms with van der Waals surface area (Å²) in [5.74, 6) is -0.887. The number of ether oxygens (including phenoxy) is 3. The quantitative estimate of drug-likeness (QED) is 0.0262. The zero-order chi connectivity index (χ0) is 45.8. The van der Waals surface area contributed by atoms with Crippen LogP contribution in [0.1, 0.15) is 265 Å². The van der Waals surface area contributed by atoms with Crippen LogP contribution >= 0.6 is 0 Å². The van der Waals surface area contributed by atoms with E-state index >= 15 is 0 Å². The van der Waals surface area contributed by atoms with Crippen LogP contribution in [0.4, 0.5) is 0 Å². The van der Waals surface area contributed by atoms with Crippen molar-refractivity contribution in [2.45, 2.75) is 271 Å². The molecule has 0 heterocycles. The Morgan fingerprint density at radius 3 is 0.968 bits per heavy atom. The molecule has 63 heavy (non-hydrogen) atoms. The lowest BCUT2D eigenvalue weighted by Gasteiger charge is -2.18.